The topological polar surface area (TPSA) is 109 Å². The third-order valence-corrected chi connectivity index (χ3v) is 9.28. The molecule has 0 aromatic heterocycles. The first kappa shape index (κ1) is 23.9. The van der Waals surface area contributed by atoms with Crippen molar-refractivity contribution in [2.75, 3.05) is 11.6 Å². The number of anilines is 1. The predicted octanol–water partition coefficient (Wildman–Crippen LogP) is 3.59. The van der Waals surface area contributed by atoms with Crippen molar-refractivity contribution >= 4 is 31.5 Å². The van der Waals surface area contributed by atoms with Gasteiger partial charge in [-0.1, -0.05) is 18.6 Å². The van der Waals surface area contributed by atoms with Gasteiger partial charge in [-0.15, -0.1) is 0 Å². The molecule has 178 valence electrons. The number of hydrogen-bond acceptors (Lipinski definition) is 5. The summed E-state index contributed by atoms with van der Waals surface area (Å²) in [4.78, 5) is 12.7. The van der Waals surface area contributed by atoms with Crippen molar-refractivity contribution in [2.45, 2.75) is 49.3 Å². The van der Waals surface area contributed by atoms with Gasteiger partial charge in [0.05, 0.1) is 10.6 Å². The second-order valence-corrected chi connectivity index (χ2v) is 13.3. The zero-order chi connectivity index (χ0) is 23.8. The smallest absolute Gasteiger partial charge is 0.255 e. The number of hydrogen-bond donors (Lipinski definition) is 2. The number of amides is 1. The number of carbonyl (C=O) groups excluding carboxylic acids is 1. The SMILES string of the molecule is CC(NS(=O)(=O)c1ccc(NC(=O)c2ccc(CS(C)(=O)=O)cc2)cc1)C1CC2CCC1C2. The van der Waals surface area contributed by atoms with Crippen LogP contribution in [0, 0.1) is 17.8 Å². The molecular formula is C24H30N2O5S2. The molecule has 7 nitrogen and oxygen atoms in total. The second kappa shape index (κ2) is 9.19. The minimum atomic E-state index is -3.64. The summed E-state index contributed by atoms with van der Waals surface area (Å²) < 4.78 is 51.3. The maximum absolute atomic E-state index is 12.9. The normalized spacial score (nSPS) is 23.4. The Hall–Kier alpha value is -2.23. The first-order valence-corrected chi connectivity index (χ1v) is 14.7. The van der Waals surface area contributed by atoms with Gasteiger partial charge in [0.1, 0.15) is 0 Å². The zero-order valence-corrected chi connectivity index (χ0v) is 20.5. The largest absolute Gasteiger partial charge is 0.322 e. The summed E-state index contributed by atoms with van der Waals surface area (Å²) in [5, 5.41) is 2.74. The van der Waals surface area contributed by atoms with Gasteiger partial charge in [-0.05, 0) is 85.9 Å². The van der Waals surface area contributed by atoms with Gasteiger partial charge in [-0.25, -0.2) is 21.6 Å². The van der Waals surface area contributed by atoms with E-state index in [1.165, 1.54) is 31.4 Å². The van der Waals surface area contributed by atoms with Gasteiger partial charge in [-0.3, -0.25) is 4.79 Å². The van der Waals surface area contributed by atoms with E-state index in [9.17, 15) is 21.6 Å². The monoisotopic (exact) mass is 490 g/mol. The van der Waals surface area contributed by atoms with Crippen molar-refractivity contribution in [3.63, 3.8) is 0 Å². The van der Waals surface area contributed by atoms with Crippen molar-refractivity contribution in [3.05, 3.63) is 59.7 Å². The maximum Gasteiger partial charge on any atom is 0.255 e. The van der Waals surface area contributed by atoms with Gasteiger partial charge in [0.2, 0.25) is 10.0 Å². The molecule has 4 atom stereocenters. The highest BCUT2D eigenvalue weighted by atomic mass is 32.2. The van der Waals surface area contributed by atoms with E-state index in [1.54, 1.807) is 36.4 Å². The van der Waals surface area contributed by atoms with E-state index in [0.29, 0.717) is 28.7 Å². The quantitative estimate of drug-likeness (QED) is 0.588. The summed E-state index contributed by atoms with van der Waals surface area (Å²) in [6.07, 6.45) is 5.97. The molecule has 4 unspecified atom stereocenters. The van der Waals surface area contributed by atoms with Crippen molar-refractivity contribution in [1.82, 2.24) is 4.72 Å². The molecule has 2 N–H and O–H groups in total. The summed E-state index contributed by atoms with van der Waals surface area (Å²) in [5.74, 6) is 1.34. The van der Waals surface area contributed by atoms with Crippen LogP contribution in [0.1, 0.15) is 48.5 Å². The van der Waals surface area contributed by atoms with Crippen molar-refractivity contribution in [3.8, 4) is 0 Å². The molecule has 0 saturated heterocycles. The Morgan fingerprint density at radius 3 is 2.18 bits per heavy atom. The first-order valence-electron chi connectivity index (χ1n) is 11.2. The highest BCUT2D eigenvalue weighted by Gasteiger charge is 2.42. The number of nitrogens with one attached hydrogen (secondary N) is 2. The number of sulfonamides is 1. The van der Waals surface area contributed by atoms with Gasteiger partial charge in [0, 0.05) is 23.5 Å². The van der Waals surface area contributed by atoms with E-state index in [-0.39, 0.29) is 22.6 Å². The Morgan fingerprint density at radius 1 is 0.970 bits per heavy atom. The van der Waals surface area contributed by atoms with Crippen LogP contribution in [0.2, 0.25) is 0 Å². The Bertz CT molecular complexity index is 1220. The Kier molecular flexibility index (Phi) is 6.66. The minimum Gasteiger partial charge on any atom is -0.322 e. The number of fused-ring (bicyclic) bond motifs is 2. The van der Waals surface area contributed by atoms with Gasteiger partial charge >= 0.3 is 0 Å². The Labute approximate surface area is 196 Å². The van der Waals surface area contributed by atoms with Gasteiger partial charge in [0.25, 0.3) is 5.91 Å². The van der Waals surface area contributed by atoms with Crippen molar-refractivity contribution < 1.29 is 21.6 Å². The van der Waals surface area contributed by atoms with Gasteiger partial charge in [-0.2, -0.15) is 0 Å². The lowest BCUT2D eigenvalue weighted by Crippen LogP contribution is -2.40. The molecule has 2 bridgehead atoms. The molecule has 2 aromatic rings. The first-order chi connectivity index (χ1) is 15.5. The molecular weight excluding hydrogens is 460 g/mol. The van der Waals surface area contributed by atoms with Crippen LogP contribution in [0.15, 0.2) is 53.4 Å². The molecule has 2 aromatic carbocycles. The molecule has 2 saturated carbocycles. The van der Waals surface area contributed by atoms with Crippen LogP contribution in [-0.4, -0.2) is 35.0 Å². The van der Waals surface area contributed by atoms with Crippen LogP contribution < -0.4 is 10.0 Å². The van der Waals surface area contributed by atoms with Crippen LogP contribution in [-0.2, 0) is 25.6 Å². The molecule has 2 aliphatic carbocycles. The molecule has 33 heavy (non-hydrogen) atoms. The van der Waals surface area contributed by atoms with Crippen LogP contribution >= 0.6 is 0 Å². The summed E-state index contributed by atoms with van der Waals surface area (Å²) in [6.45, 7) is 1.96. The lowest BCUT2D eigenvalue weighted by Gasteiger charge is -2.28. The molecule has 0 aliphatic heterocycles. The number of carbonyl (C=O) groups is 1. The van der Waals surface area contributed by atoms with E-state index < -0.39 is 19.9 Å². The predicted molar refractivity (Wildman–Crippen MR) is 128 cm³/mol. The Balaban J connectivity index is 1.37. The maximum atomic E-state index is 12.9. The van der Waals surface area contributed by atoms with Crippen LogP contribution in [0.25, 0.3) is 0 Å². The molecule has 2 aliphatic rings. The number of benzene rings is 2. The van der Waals surface area contributed by atoms with Crippen LogP contribution in [0.3, 0.4) is 0 Å². The standard InChI is InChI=1S/C24H30N2O5S2/c1-16(23-14-18-5-8-20(23)13-18)26-33(30,31)22-11-9-21(10-12-22)25-24(27)19-6-3-17(4-7-19)15-32(2,28)29/h3-4,6-7,9-12,16,18,20,23,26H,5,8,13-15H2,1-2H3,(H,25,27). The van der Waals surface area contributed by atoms with E-state index in [0.717, 1.165) is 18.6 Å². The molecule has 2 fully saturated rings. The van der Waals surface area contributed by atoms with Gasteiger partial charge < -0.3 is 5.32 Å². The van der Waals surface area contributed by atoms with E-state index in [1.807, 2.05) is 6.92 Å². The summed E-state index contributed by atoms with van der Waals surface area (Å²) in [6, 6.07) is 12.3. The highest BCUT2D eigenvalue weighted by Crippen LogP contribution is 2.49. The van der Waals surface area contributed by atoms with E-state index in [4.69, 9.17) is 0 Å². The fourth-order valence-corrected chi connectivity index (χ4v) is 7.37. The van der Waals surface area contributed by atoms with Crippen molar-refractivity contribution in [2.24, 2.45) is 17.8 Å². The number of sulfone groups is 1. The van der Waals surface area contributed by atoms with Crippen LogP contribution in [0.4, 0.5) is 5.69 Å². The third kappa shape index (κ3) is 5.83. The van der Waals surface area contributed by atoms with E-state index >= 15 is 0 Å². The molecule has 0 spiro atoms. The van der Waals surface area contributed by atoms with Crippen molar-refractivity contribution in [1.29, 1.82) is 0 Å². The average molecular weight is 491 g/mol. The second-order valence-electron chi connectivity index (χ2n) is 9.49. The molecule has 0 radical (unpaired) electrons. The summed E-state index contributed by atoms with van der Waals surface area (Å²) in [7, 11) is -6.79. The summed E-state index contributed by atoms with van der Waals surface area (Å²) >= 11 is 0. The zero-order valence-electron chi connectivity index (χ0n) is 18.8. The fraction of sp³-hybridized carbons (Fsp3) is 0.458. The molecule has 0 heterocycles. The Morgan fingerprint density at radius 2 is 1.64 bits per heavy atom. The molecule has 9 heteroatoms. The minimum absolute atomic E-state index is 0.0839. The third-order valence-electron chi connectivity index (χ3n) is 6.84. The van der Waals surface area contributed by atoms with Crippen LogP contribution in [0.5, 0.6) is 0 Å². The molecule has 1 amide bonds. The lowest BCUT2D eigenvalue weighted by atomic mass is 9.84. The molecule has 4 rings (SSSR count). The fourth-order valence-electron chi connectivity index (χ4n) is 5.28. The van der Waals surface area contributed by atoms with Gasteiger partial charge in [0.15, 0.2) is 9.84 Å². The average Bonchev–Trinajstić information content (AvgIpc) is 3.37. The summed E-state index contributed by atoms with van der Waals surface area (Å²) in [5.41, 5.74) is 1.46. The lowest BCUT2D eigenvalue weighted by molar-refractivity contribution is 0.102. The van der Waals surface area contributed by atoms with E-state index in [2.05, 4.69) is 10.0 Å². The number of rotatable bonds is 8. The highest BCUT2D eigenvalue weighted by molar-refractivity contribution is 7.90.